The van der Waals surface area contributed by atoms with Crippen molar-refractivity contribution in [2.24, 2.45) is 5.73 Å². The van der Waals surface area contributed by atoms with Crippen LogP contribution in [0.4, 0.5) is 0 Å². The molecule has 7 nitrogen and oxygen atoms in total. The van der Waals surface area contributed by atoms with Gasteiger partial charge in [0.25, 0.3) is 0 Å². The van der Waals surface area contributed by atoms with Crippen molar-refractivity contribution in [2.75, 3.05) is 6.54 Å². The molecule has 0 aliphatic rings. The summed E-state index contributed by atoms with van der Waals surface area (Å²) in [6.07, 6.45) is 3.00. The number of hydrogen-bond donors (Lipinski definition) is 2. The lowest BCUT2D eigenvalue weighted by Gasteiger charge is -2.06. The van der Waals surface area contributed by atoms with Crippen LogP contribution in [0.1, 0.15) is 25.7 Å². The maximum Gasteiger partial charge on any atom is 0.238 e. The SMILES string of the molecule is CC(N)CCNC(=O)CCc1nc(-c2ccco2)no1.Cl. The van der Waals surface area contributed by atoms with E-state index in [0.717, 1.165) is 6.42 Å². The van der Waals surface area contributed by atoms with Crippen LogP contribution in [-0.4, -0.2) is 28.6 Å². The Morgan fingerprint density at radius 2 is 2.33 bits per heavy atom. The maximum absolute atomic E-state index is 11.6. The molecule has 2 rings (SSSR count). The number of furan rings is 1. The lowest BCUT2D eigenvalue weighted by atomic mass is 10.2. The van der Waals surface area contributed by atoms with Crippen molar-refractivity contribution in [3.05, 3.63) is 24.3 Å². The van der Waals surface area contributed by atoms with Crippen molar-refractivity contribution in [2.45, 2.75) is 32.2 Å². The zero-order chi connectivity index (χ0) is 14.4. The number of nitrogens with zero attached hydrogens (tertiary/aromatic N) is 2. The summed E-state index contributed by atoms with van der Waals surface area (Å²) in [5.74, 6) is 1.30. The van der Waals surface area contributed by atoms with E-state index in [1.165, 1.54) is 6.26 Å². The highest BCUT2D eigenvalue weighted by molar-refractivity contribution is 5.85. The van der Waals surface area contributed by atoms with Gasteiger partial charge in [0, 0.05) is 25.4 Å². The maximum atomic E-state index is 11.6. The fraction of sp³-hybridized carbons (Fsp3) is 0.462. The molecular formula is C13H19ClN4O3. The molecule has 2 heterocycles. The molecule has 21 heavy (non-hydrogen) atoms. The summed E-state index contributed by atoms with van der Waals surface area (Å²) in [5, 5.41) is 6.59. The first-order valence-corrected chi connectivity index (χ1v) is 6.54. The van der Waals surface area contributed by atoms with Crippen LogP contribution >= 0.6 is 12.4 Å². The number of carbonyl (C=O) groups is 1. The van der Waals surface area contributed by atoms with Gasteiger partial charge in [0.1, 0.15) is 0 Å². The first-order chi connectivity index (χ1) is 9.65. The molecule has 1 amide bonds. The molecule has 2 aromatic rings. The normalized spacial score (nSPS) is 11.7. The summed E-state index contributed by atoms with van der Waals surface area (Å²) in [6.45, 7) is 2.48. The number of rotatable bonds is 7. The monoisotopic (exact) mass is 314 g/mol. The van der Waals surface area contributed by atoms with E-state index in [1.54, 1.807) is 12.1 Å². The summed E-state index contributed by atoms with van der Waals surface area (Å²) in [4.78, 5) is 15.7. The van der Waals surface area contributed by atoms with E-state index in [9.17, 15) is 4.79 Å². The lowest BCUT2D eigenvalue weighted by Crippen LogP contribution is -2.29. The van der Waals surface area contributed by atoms with Crippen LogP contribution in [0.15, 0.2) is 27.3 Å². The average Bonchev–Trinajstić information content (AvgIpc) is 3.06. The molecule has 0 aliphatic carbocycles. The van der Waals surface area contributed by atoms with E-state index >= 15 is 0 Å². The molecule has 1 atom stereocenters. The summed E-state index contributed by atoms with van der Waals surface area (Å²) in [5.41, 5.74) is 5.60. The average molecular weight is 315 g/mol. The fourth-order valence-electron chi connectivity index (χ4n) is 1.61. The van der Waals surface area contributed by atoms with Gasteiger partial charge in [0.05, 0.1) is 6.26 Å². The molecule has 0 spiro atoms. The molecular weight excluding hydrogens is 296 g/mol. The predicted octanol–water partition coefficient (Wildman–Crippen LogP) is 1.54. The molecule has 3 N–H and O–H groups in total. The van der Waals surface area contributed by atoms with Gasteiger partial charge in [-0.15, -0.1) is 12.4 Å². The number of halogens is 1. The Morgan fingerprint density at radius 3 is 3.00 bits per heavy atom. The Labute approximate surface area is 128 Å². The summed E-state index contributed by atoms with van der Waals surface area (Å²) < 4.78 is 10.2. The van der Waals surface area contributed by atoms with Gasteiger partial charge in [0.15, 0.2) is 5.76 Å². The van der Waals surface area contributed by atoms with Crippen LogP contribution < -0.4 is 11.1 Å². The number of amides is 1. The predicted molar refractivity (Wildman–Crippen MR) is 78.8 cm³/mol. The third kappa shape index (κ3) is 5.57. The van der Waals surface area contributed by atoms with Crippen molar-refractivity contribution in [3.63, 3.8) is 0 Å². The number of nitrogens with two attached hydrogens (primary N) is 1. The number of carbonyl (C=O) groups excluding carboxylic acids is 1. The second-order valence-corrected chi connectivity index (χ2v) is 4.60. The third-order valence-corrected chi connectivity index (χ3v) is 2.70. The highest BCUT2D eigenvalue weighted by atomic mass is 35.5. The van der Waals surface area contributed by atoms with Gasteiger partial charge in [-0.25, -0.2) is 0 Å². The molecule has 0 radical (unpaired) electrons. The smallest absolute Gasteiger partial charge is 0.238 e. The number of nitrogens with one attached hydrogen (secondary N) is 1. The van der Waals surface area contributed by atoms with Gasteiger partial charge in [-0.2, -0.15) is 4.98 Å². The number of aryl methyl sites for hydroxylation is 1. The van der Waals surface area contributed by atoms with Crippen LogP contribution in [0.3, 0.4) is 0 Å². The Kier molecular flexibility index (Phi) is 6.90. The Bertz CT molecular complexity index is 539. The van der Waals surface area contributed by atoms with Gasteiger partial charge in [-0.3, -0.25) is 4.79 Å². The van der Waals surface area contributed by atoms with Crippen molar-refractivity contribution in [1.82, 2.24) is 15.5 Å². The lowest BCUT2D eigenvalue weighted by molar-refractivity contribution is -0.121. The molecule has 0 aromatic carbocycles. The van der Waals surface area contributed by atoms with Gasteiger partial charge in [0.2, 0.25) is 17.6 Å². The van der Waals surface area contributed by atoms with Gasteiger partial charge in [-0.1, -0.05) is 5.16 Å². The molecule has 0 fully saturated rings. The minimum absolute atomic E-state index is 0. The number of aromatic nitrogens is 2. The molecule has 1 unspecified atom stereocenters. The zero-order valence-corrected chi connectivity index (χ0v) is 12.6. The van der Waals surface area contributed by atoms with Gasteiger partial charge < -0.3 is 20.0 Å². The van der Waals surface area contributed by atoms with Crippen molar-refractivity contribution in [1.29, 1.82) is 0 Å². The number of hydrogen-bond acceptors (Lipinski definition) is 6. The fourth-order valence-corrected chi connectivity index (χ4v) is 1.61. The van der Waals surface area contributed by atoms with Crippen molar-refractivity contribution < 1.29 is 13.7 Å². The zero-order valence-electron chi connectivity index (χ0n) is 11.7. The minimum Gasteiger partial charge on any atom is -0.461 e. The molecule has 0 aliphatic heterocycles. The molecule has 116 valence electrons. The van der Waals surface area contributed by atoms with E-state index in [2.05, 4.69) is 15.5 Å². The van der Waals surface area contributed by atoms with Crippen LogP contribution in [0.5, 0.6) is 0 Å². The van der Waals surface area contributed by atoms with Crippen LogP contribution in [0.2, 0.25) is 0 Å². The minimum atomic E-state index is -0.0524. The van der Waals surface area contributed by atoms with Crippen molar-refractivity contribution in [3.8, 4) is 11.6 Å². The molecule has 8 heteroatoms. The van der Waals surface area contributed by atoms with Gasteiger partial charge >= 0.3 is 0 Å². The van der Waals surface area contributed by atoms with E-state index < -0.39 is 0 Å². The van der Waals surface area contributed by atoms with E-state index in [0.29, 0.717) is 36.9 Å². The molecule has 0 bridgehead atoms. The van der Waals surface area contributed by atoms with E-state index in [1.807, 2.05) is 6.92 Å². The van der Waals surface area contributed by atoms with Crippen LogP contribution in [-0.2, 0) is 11.2 Å². The second-order valence-electron chi connectivity index (χ2n) is 4.60. The third-order valence-electron chi connectivity index (χ3n) is 2.70. The highest BCUT2D eigenvalue weighted by Crippen LogP contribution is 2.16. The van der Waals surface area contributed by atoms with Gasteiger partial charge in [-0.05, 0) is 25.5 Å². The largest absolute Gasteiger partial charge is 0.461 e. The standard InChI is InChI=1S/C13H18N4O3.ClH/c1-9(14)6-7-15-11(18)4-5-12-16-13(17-20-12)10-3-2-8-19-10;/h2-3,8-9H,4-7,14H2,1H3,(H,15,18);1H. The van der Waals surface area contributed by atoms with E-state index in [4.69, 9.17) is 14.7 Å². The summed E-state index contributed by atoms with van der Waals surface area (Å²) in [6, 6.07) is 3.58. The summed E-state index contributed by atoms with van der Waals surface area (Å²) >= 11 is 0. The Morgan fingerprint density at radius 1 is 1.52 bits per heavy atom. The topological polar surface area (TPSA) is 107 Å². The summed E-state index contributed by atoms with van der Waals surface area (Å²) in [7, 11) is 0. The molecule has 0 saturated carbocycles. The van der Waals surface area contributed by atoms with E-state index in [-0.39, 0.29) is 24.4 Å². The molecule has 0 saturated heterocycles. The van der Waals surface area contributed by atoms with Crippen LogP contribution in [0, 0.1) is 0 Å². The quantitative estimate of drug-likeness (QED) is 0.802. The Balaban J connectivity index is 0.00000220. The van der Waals surface area contributed by atoms with Crippen molar-refractivity contribution >= 4 is 18.3 Å². The first kappa shape index (κ1) is 17.2. The molecule has 2 aromatic heterocycles. The van der Waals surface area contributed by atoms with Crippen LogP contribution in [0.25, 0.3) is 11.6 Å². The highest BCUT2D eigenvalue weighted by Gasteiger charge is 2.12. The first-order valence-electron chi connectivity index (χ1n) is 6.54. The Hall–Kier alpha value is -1.86. The second kappa shape index (κ2) is 8.43.